The molecular weight excluding hydrogens is 288 g/mol. The fraction of sp³-hybridized carbons (Fsp3) is 0.250. The highest BCUT2D eigenvalue weighted by Gasteiger charge is 2.23. The van der Waals surface area contributed by atoms with Gasteiger partial charge in [0, 0.05) is 16.4 Å². The topological polar surface area (TPSA) is 17.1 Å². The maximum Gasteiger partial charge on any atom is 0.166 e. The summed E-state index contributed by atoms with van der Waals surface area (Å²) in [5.41, 5.74) is 3.51. The summed E-state index contributed by atoms with van der Waals surface area (Å²) in [5.74, 6) is 0.420. The Balaban J connectivity index is 1.70. The summed E-state index contributed by atoms with van der Waals surface area (Å²) in [7, 11) is 0. The molecule has 1 nitrogen and oxygen atoms in total. The van der Waals surface area contributed by atoms with Gasteiger partial charge in [0.2, 0.25) is 0 Å². The summed E-state index contributed by atoms with van der Waals surface area (Å²) in [6.07, 6.45) is 7.09. The summed E-state index contributed by atoms with van der Waals surface area (Å²) in [5, 5.41) is 0. The van der Waals surface area contributed by atoms with Crippen molar-refractivity contribution in [2.24, 2.45) is 5.92 Å². The van der Waals surface area contributed by atoms with Crippen LogP contribution in [0.3, 0.4) is 0 Å². The van der Waals surface area contributed by atoms with Crippen LogP contribution in [-0.2, 0) is 0 Å². The minimum absolute atomic E-state index is 0.132. The number of hydrogen-bond donors (Lipinski definition) is 0. The molecule has 0 saturated heterocycles. The first-order chi connectivity index (χ1) is 10.8. The van der Waals surface area contributed by atoms with E-state index in [2.05, 4.69) is 30.3 Å². The molecule has 0 radical (unpaired) electrons. The van der Waals surface area contributed by atoms with Gasteiger partial charge in [0.25, 0.3) is 0 Å². The van der Waals surface area contributed by atoms with Crippen LogP contribution in [0.5, 0.6) is 0 Å². The fourth-order valence-corrected chi connectivity index (χ4v) is 3.39. The molecule has 2 aromatic carbocycles. The number of rotatable bonds is 4. The number of benzene rings is 2. The van der Waals surface area contributed by atoms with Gasteiger partial charge >= 0.3 is 0 Å². The maximum absolute atomic E-state index is 12.6. The lowest BCUT2D eigenvalue weighted by Crippen LogP contribution is -2.17. The first-order valence-electron chi connectivity index (χ1n) is 7.70. The minimum atomic E-state index is 0.132. The lowest BCUT2D eigenvalue weighted by Gasteiger charge is -2.21. The number of carbonyl (C=O) groups excluding carboxylic acids is 1. The molecule has 2 heteroatoms. The Kier molecular flexibility index (Phi) is 4.79. The van der Waals surface area contributed by atoms with Gasteiger partial charge in [0.1, 0.15) is 0 Å². The van der Waals surface area contributed by atoms with Gasteiger partial charge in [-0.15, -0.1) is 11.8 Å². The highest BCUT2D eigenvalue weighted by atomic mass is 32.2. The van der Waals surface area contributed by atoms with Crippen LogP contribution >= 0.6 is 11.8 Å². The number of hydrogen-bond acceptors (Lipinski definition) is 2. The molecule has 0 saturated carbocycles. The van der Waals surface area contributed by atoms with E-state index >= 15 is 0 Å². The normalized spacial score (nSPS) is 17.9. The average Bonchev–Trinajstić information content (AvgIpc) is 2.62. The molecule has 0 heterocycles. The van der Waals surface area contributed by atoms with Crippen LogP contribution in [0.2, 0.25) is 0 Å². The van der Waals surface area contributed by atoms with E-state index in [0.29, 0.717) is 0 Å². The van der Waals surface area contributed by atoms with Gasteiger partial charge in [-0.2, -0.15) is 0 Å². The summed E-state index contributed by atoms with van der Waals surface area (Å²) >= 11 is 1.70. The molecule has 1 atom stereocenters. The second kappa shape index (κ2) is 6.97. The van der Waals surface area contributed by atoms with E-state index in [-0.39, 0.29) is 11.7 Å². The Labute approximate surface area is 136 Å². The van der Waals surface area contributed by atoms with Crippen LogP contribution in [0.1, 0.15) is 35.2 Å². The van der Waals surface area contributed by atoms with E-state index in [1.54, 1.807) is 11.8 Å². The van der Waals surface area contributed by atoms with Gasteiger partial charge in [-0.25, -0.2) is 0 Å². The van der Waals surface area contributed by atoms with E-state index in [1.165, 1.54) is 16.0 Å². The molecule has 0 aliphatic heterocycles. The van der Waals surface area contributed by atoms with E-state index < -0.39 is 0 Å². The Morgan fingerprint density at radius 3 is 2.36 bits per heavy atom. The van der Waals surface area contributed by atoms with Crippen molar-refractivity contribution in [3.05, 3.63) is 71.8 Å². The van der Waals surface area contributed by atoms with E-state index in [9.17, 15) is 4.79 Å². The third-order valence-electron chi connectivity index (χ3n) is 4.30. The monoisotopic (exact) mass is 308 g/mol. The molecule has 0 amide bonds. The molecule has 1 unspecified atom stereocenters. The van der Waals surface area contributed by atoms with Crippen molar-refractivity contribution in [3.8, 4) is 0 Å². The average molecular weight is 308 g/mol. The van der Waals surface area contributed by atoms with Crippen molar-refractivity contribution in [1.82, 2.24) is 0 Å². The molecule has 2 aromatic rings. The van der Waals surface area contributed by atoms with Crippen molar-refractivity contribution in [1.29, 1.82) is 0 Å². The lowest BCUT2D eigenvalue weighted by atomic mass is 9.82. The molecule has 22 heavy (non-hydrogen) atoms. The van der Waals surface area contributed by atoms with E-state index in [4.69, 9.17) is 0 Å². The Hall–Kier alpha value is -1.80. The van der Waals surface area contributed by atoms with Crippen molar-refractivity contribution in [3.63, 3.8) is 0 Å². The van der Waals surface area contributed by atoms with Crippen LogP contribution in [0.25, 0.3) is 5.57 Å². The zero-order valence-corrected chi connectivity index (χ0v) is 13.6. The first kappa shape index (κ1) is 15.1. The van der Waals surface area contributed by atoms with Gasteiger partial charge in [-0.3, -0.25) is 4.79 Å². The predicted molar refractivity (Wildman–Crippen MR) is 94.3 cm³/mol. The Bertz CT molecular complexity index is 671. The number of ketones is 1. The fourth-order valence-electron chi connectivity index (χ4n) is 2.98. The Morgan fingerprint density at radius 2 is 1.77 bits per heavy atom. The smallest absolute Gasteiger partial charge is 0.166 e. The molecule has 0 N–H and O–H groups in total. The highest BCUT2D eigenvalue weighted by molar-refractivity contribution is 7.98. The zero-order chi connectivity index (χ0) is 15.4. The van der Waals surface area contributed by atoms with Crippen molar-refractivity contribution in [2.75, 3.05) is 6.26 Å². The van der Waals surface area contributed by atoms with E-state index in [1.807, 2.05) is 36.6 Å². The molecular formula is C20H20OS. The van der Waals surface area contributed by atoms with Crippen LogP contribution in [0, 0.1) is 5.92 Å². The summed E-state index contributed by atoms with van der Waals surface area (Å²) in [4.78, 5) is 13.8. The predicted octanol–water partition coefficient (Wildman–Crippen LogP) is 5.47. The summed E-state index contributed by atoms with van der Waals surface area (Å²) in [6, 6.07) is 18.5. The number of Topliss-reactive ketones (excluding diaryl/α,β-unsaturated/α-hetero) is 1. The number of carbonyl (C=O) groups is 1. The molecule has 1 aliphatic carbocycles. The third kappa shape index (κ3) is 3.33. The quantitative estimate of drug-likeness (QED) is 0.550. The molecule has 0 bridgehead atoms. The Morgan fingerprint density at radius 1 is 1.05 bits per heavy atom. The minimum Gasteiger partial charge on any atom is -0.294 e. The van der Waals surface area contributed by atoms with E-state index in [0.717, 1.165) is 24.8 Å². The second-order valence-electron chi connectivity index (χ2n) is 5.66. The van der Waals surface area contributed by atoms with Gasteiger partial charge < -0.3 is 0 Å². The van der Waals surface area contributed by atoms with Crippen LogP contribution in [-0.4, -0.2) is 12.0 Å². The van der Waals surface area contributed by atoms with Gasteiger partial charge in [0.05, 0.1) is 0 Å². The first-order valence-corrected chi connectivity index (χ1v) is 8.93. The molecule has 0 aromatic heterocycles. The van der Waals surface area contributed by atoms with Crippen LogP contribution in [0.15, 0.2) is 65.6 Å². The van der Waals surface area contributed by atoms with Crippen molar-refractivity contribution in [2.45, 2.75) is 24.2 Å². The molecule has 3 rings (SSSR count). The van der Waals surface area contributed by atoms with Crippen molar-refractivity contribution < 1.29 is 4.79 Å². The largest absolute Gasteiger partial charge is 0.294 e. The molecule has 0 fully saturated rings. The zero-order valence-electron chi connectivity index (χ0n) is 12.8. The SMILES string of the molecule is CSc1ccc(C(=O)C2CC=C(c3ccccc3)CC2)cc1. The van der Waals surface area contributed by atoms with Gasteiger partial charge in [0.15, 0.2) is 5.78 Å². The molecule has 112 valence electrons. The van der Waals surface area contributed by atoms with Crippen molar-refractivity contribution >= 4 is 23.1 Å². The lowest BCUT2D eigenvalue weighted by molar-refractivity contribution is 0.0913. The maximum atomic E-state index is 12.6. The van der Waals surface area contributed by atoms with Crippen LogP contribution in [0.4, 0.5) is 0 Å². The van der Waals surface area contributed by atoms with Crippen LogP contribution < -0.4 is 0 Å². The number of allylic oxidation sites excluding steroid dienone is 2. The summed E-state index contributed by atoms with van der Waals surface area (Å²) < 4.78 is 0. The third-order valence-corrected chi connectivity index (χ3v) is 5.04. The summed E-state index contributed by atoms with van der Waals surface area (Å²) in [6.45, 7) is 0. The second-order valence-corrected chi connectivity index (χ2v) is 6.54. The van der Waals surface area contributed by atoms with Gasteiger partial charge in [-0.05, 0) is 48.8 Å². The molecule has 1 aliphatic rings. The molecule has 0 spiro atoms. The van der Waals surface area contributed by atoms with Gasteiger partial charge in [-0.1, -0.05) is 48.5 Å². The standard InChI is InChI=1S/C20H20OS/c1-22-19-13-11-18(12-14-19)20(21)17-9-7-16(8-10-17)15-5-3-2-4-6-15/h2-7,11-14,17H,8-10H2,1H3. The highest BCUT2D eigenvalue weighted by Crippen LogP contribution is 2.32. The number of thioether (sulfide) groups is 1.